The summed E-state index contributed by atoms with van der Waals surface area (Å²) in [5.74, 6) is -4.89. The van der Waals surface area contributed by atoms with Gasteiger partial charge in [-0.05, 0) is 261 Å². The lowest BCUT2D eigenvalue weighted by molar-refractivity contribution is -0.187. The van der Waals surface area contributed by atoms with Crippen molar-refractivity contribution in [1.29, 1.82) is 0 Å². The zero-order valence-electron chi connectivity index (χ0n) is 74.4. The van der Waals surface area contributed by atoms with Gasteiger partial charge >= 0.3 is 47.8 Å². The lowest BCUT2D eigenvalue weighted by Crippen LogP contribution is -2.47. The molecule has 0 spiro atoms. The Kier molecular flexibility index (Phi) is 49.1. The van der Waals surface area contributed by atoms with E-state index in [0.29, 0.717) is 141 Å². The van der Waals surface area contributed by atoms with E-state index in [1.54, 1.807) is 0 Å². The zero-order valence-corrected chi connectivity index (χ0v) is 74.4. The molecular formula is C98H158F2O21. The number of halogens is 2. The van der Waals surface area contributed by atoms with Crippen LogP contribution in [0.15, 0.2) is 38.0 Å². The van der Waals surface area contributed by atoms with Gasteiger partial charge in [0.15, 0.2) is 0 Å². The molecule has 121 heavy (non-hydrogen) atoms. The molecule has 0 heterocycles. The predicted molar refractivity (Wildman–Crippen MR) is 459 cm³/mol. The van der Waals surface area contributed by atoms with E-state index in [4.69, 9.17) is 61.6 Å². The van der Waals surface area contributed by atoms with Crippen molar-refractivity contribution < 1.29 is 109 Å². The van der Waals surface area contributed by atoms with E-state index in [2.05, 4.69) is 33.6 Å². The first-order chi connectivity index (χ1) is 58.9. The summed E-state index contributed by atoms with van der Waals surface area (Å²) >= 11 is 0. The van der Waals surface area contributed by atoms with E-state index in [-0.39, 0.29) is 92.3 Å². The summed E-state index contributed by atoms with van der Waals surface area (Å²) in [6, 6.07) is 0. The molecule has 17 unspecified atom stereocenters. The molecule has 0 aromatic rings. The highest BCUT2D eigenvalue weighted by molar-refractivity contribution is 5.82. The van der Waals surface area contributed by atoms with Crippen molar-refractivity contribution in [3.05, 3.63) is 38.0 Å². The SMILES string of the molecule is C=CC(=O)OCCCCCCOC1CCC(C(=O)OC2CCCC(C(=O)OC3CC(C4CCC(C5CCC(OCCCCCCCCC)C(OC(=O)C6CC(OC(=O)C7CCC(OCCCCCCOC(=O)C=C)C(F)C7)CCC6OC(=O)C6CCC(OCCCCCCOC(=O)C=C)C(F)C6)C5)CC4)CCC3OCCCCCCCCC)C2)CC1. The fraction of sp³-hybridized carbons (Fsp3) is 0.857. The van der Waals surface area contributed by atoms with Crippen LogP contribution in [-0.2, 0) is 99.9 Å². The van der Waals surface area contributed by atoms with Gasteiger partial charge in [-0.25, -0.2) is 23.2 Å². The summed E-state index contributed by atoms with van der Waals surface area (Å²) in [6.45, 7) is 18.3. The Hall–Kier alpha value is -5.36. The lowest BCUT2D eigenvalue weighted by atomic mass is 9.65. The Labute approximate surface area is 724 Å². The molecule has 8 aliphatic rings. The van der Waals surface area contributed by atoms with Crippen molar-refractivity contribution >= 4 is 47.8 Å². The fourth-order valence-corrected chi connectivity index (χ4v) is 20.3. The number of hydrogen-bond donors (Lipinski definition) is 0. The topological polar surface area (TPSA) is 257 Å². The number of alkyl halides is 2. The highest BCUT2D eigenvalue weighted by atomic mass is 19.1. The number of carbonyl (C=O) groups is 8. The first kappa shape index (κ1) is 101. The normalized spacial score (nSPS) is 30.2. The molecule has 8 fully saturated rings. The van der Waals surface area contributed by atoms with E-state index >= 15 is 13.6 Å². The molecule has 8 rings (SSSR count). The van der Waals surface area contributed by atoms with Crippen LogP contribution in [0.2, 0.25) is 0 Å². The molecule has 23 heteroatoms. The number of carbonyl (C=O) groups excluding carboxylic acids is 8. The molecule has 0 aromatic heterocycles. The molecule has 17 atom stereocenters. The second-order valence-electron chi connectivity index (χ2n) is 36.8. The predicted octanol–water partition coefficient (Wildman–Crippen LogP) is 20.7. The molecule has 0 bridgehead atoms. The minimum absolute atomic E-state index is 0.0295. The highest BCUT2D eigenvalue weighted by Gasteiger charge is 2.48. The van der Waals surface area contributed by atoms with Crippen molar-refractivity contribution in [2.45, 2.75) is 428 Å². The summed E-state index contributed by atoms with van der Waals surface area (Å²) in [5.41, 5.74) is 0. The molecule has 21 nitrogen and oxygen atoms in total. The average Bonchev–Trinajstić information content (AvgIpc) is 0.711. The van der Waals surface area contributed by atoms with Crippen molar-refractivity contribution in [3.8, 4) is 0 Å². The summed E-state index contributed by atoms with van der Waals surface area (Å²) in [7, 11) is 0. The van der Waals surface area contributed by atoms with Crippen molar-refractivity contribution in [3.63, 3.8) is 0 Å². The van der Waals surface area contributed by atoms with Crippen molar-refractivity contribution in [2.75, 3.05) is 52.9 Å². The van der Waals surface area contributed by atoms with Crippen LogP contribution >= 0.6 is 0 Å². The van der Waals surface area contributed by atoms with Gasteiger partial charge in [-0.2, -0.15) is 0 Å². The number of unbranched alkanes of at least 4 members (excludes halogenated alkanes) is 21. The van der Waals surface area contributed by atoms with E-state index < -0.39 is 96.4 Å². The Morgan fingerprint density at radius 1 is 0.264 bits per heavy atom. The minimum atomic E-state index is -1.40. The number of ether oxygens (including phenoxy) is 13. The summed E-state index contributed by atoms with van der Waals surface area (Å²) in [5, 5.41) is 0. The first-order valence-electron chi connectivity index (χ1n) is 48.7. The van der Waals surface area contributed by atoms with Crippen LogP contribution in [0.1, 0.15) is 354 Å². The number of esters is 8. The monoisotopic (exact) mass is 1710 g/mol. The van der Waals surface area contributed by atoms with Gasteiger partial charge in [-0.3, -0.25) is 24.0 Å². The summed E-state index contributed by atoms with van der Waals surface area (Å²) < 4.78 is 111. The molecular weight excluding hydrogens is 1550 g/mol. The maximum atomic E-state index is 16.0. The third kappa shape index (κ3) is 37.6. The summed E-state index contributed by atoms with van der Waals surface area (Å²) in [6.07, 6.45) is 38.4. The van der Waals surface area contributed by atoms with Gasteiger partial charge in [0.2, 0.25) is 0 Å². The standard InChI is InChI=1S/C98H158F2O21/c1-6-11-13-15-17-19-28-59-112-87-53-44-73(67-89(87)120-96(106)75-36-35-37-79(64-75)117-94(104)72-42-48-78(49-43-72)109-56-27-21-24-32-61-114-91(101)8-3)70-38-40-71(41-39-70)74-45-54-88(113-60-29-20-18-16-14-12-7-2)90(68-74)121-98(108)81-69-80(118-95(105)76-46-51-85(82(99)65-76)110-57-30-22-25-33-62-115-92(102)9-4)50-55-84(81)119-97(107)77-47-52-86(83(100)66-77)111-58-31-23-26-34-63-116-93(103)10-5/h8-10,70-90H,3-7,11-69H2,1-2H3. The molecule has 0 radical (unpaired) electrons. The van der Waals surface area contributed by atoms with Gasteiger partial charge in [-0.15, -0.1) is 0 Å². The van der Waals surface area contributed by atoms with Crippen molar-refractivity contribution in [2.24, 2.45) is 53.3 Å². The largest absolute Gasteiger partial charge is 0.463 e. The first-order valence-corrected chi connectivity index (χ1v) is 48.7. The molecule has 0 aromatic carbocycles. The van der Waals surface area contributed by atoms with Crippen LogP contribution < -0.4 is 0 Å². The van der Waals surface area contributed by atoms with Crippen LogP contribution in [-0.4, -0.2) is 174 Å². The lowest BCUT2D eigenvalue weighted by Gasteiger charge is -2.44. The second-order valence-corrected chi connectivity index (χ2v) is 36.8. The molecule has 8 aliphatic carbocycles. The number of rotatable bonds is 57. The Balaban J connectivity index is 0.873. The summed E-state index contributed by atoms with van der Waals surface area (Å²) in [4.78, 5) is 106. The molecule has 0 saturated heterocycles. The van der Waals surface area contributed by atoms with Crippen LogP contribution in [0.5, 0.6) is 0 Å². The highest BCUT2D eigenvalue weighted by Crippen LogP contribution is 2.48. The van der Waals surface area contributed by atoms with Crippen LogP contribution in [0.25, 0.3) is 0 Å². The average molecular weight is 1710 g/mol. The Morgan fingerprint density at radius 3 is 1.00 bits per heavy atom. The zero-order chi connectivity index (χ0) is 86.2. The van der Waals surface area contributed by atoms with E-state index in [1.807, 2.05) is 0 Å². The fourth-order valence-electron chi connectivity index (χ4n) is 20.3. The quantitative estimate of drug-likeness (QED) is 0.0237. The number of hydrogen-bond acceptors (Lipinski definition) is 21. The van der Waals surface area contributed by atoms with Gasteiger partial charge in [0.25, 0.3) is 0 Å². The van der Waals surface area contributed by atoms with Crippen LogP contribution in [0, 0.1) is 53.3 Å². The molecule has 0 aliphatic heterocycles. The van der Waals surface area contributed by atoms with E-state index in [0.717, 1.165) is 192 Å². The van der Waals surface area contributed by atoms with Gasteiger partial charge in [-0.1, -0.05) is 130 Å². The maximum Gasteiger partial charge on any atom is 0.330 e. The Bertz CT molecular complexity index is 2990. The maximum absolute atomic E-state index is 16.0. The molecule has 0 amide bonds. The molecule has 0 N–H and O–H groups in total. The van der Waals surface area contributed by atoms with Crippen molar-refractivity contribution in [1.82, 2.24) is 0 Å². The van der Waals surface area contributed by atoms with Gasteiger partial charge in [0.1, 0.15) is 42.9 Å². The Morgan fingerprint density at radius 2 is 0.579 bits per heavy atom. The van der Waals surface area contributed by atoms with Crippen LogP contribution in [0.3, 0.4) is 0 Å². The smallest absolute Gasteiger partial charge is 0.330 e. The van der Waals surface area contributed by atoms with E-state index in [1.165, 1.54) is 63.9 Å². The third-order valence-corrected chi connectivity index (χ3v) is 27.7. The molecule has 8 saturated carbocycles. The van der Waals surface area contributed by atoms with Crippen LogP contribution in [0.4, 0.5) is 8.78 Å². The van der Waals surface area contributed by atoms with Gasteiger partial charge in [0, 0.05) is 57.7 Å². The third-order valence-electron chi connectivity index (χ3n) is 27.7. The minimum Gasteiger partial charge on any atom is -0.463 e. The molecule has 690 valence electrons. The van der Waals surface area contributed by atoms with E-state index in [9.17, 15) is 33.6 Å². The van der Waals surface area contributed by atoms with Gasteiger partial charge < -0.3 is 61.6 Å². The second kappa shape index (κ2) is 58.8. The van der Waals surface area contributed by atoms with Gasteiger partial charge in [0.05, 0.1) is 79.9 Å².